The molecule has 2 aromatic heterocycles. The molecule has 0 radical (unpaired) electrons. The summed E-state index contributed by atoms with van der Waals surface area (Å²) in [6.45, 7) is 8.13. The third-order valence-electron chi connectivity index (χ3n) is 4.98. The number of carbonyl (C=O) groups excluding carboxylic acids is 1. The van der Waals surface area contributed by atoms with Gasteiger partial charge in [0.2, 0.25) is 11.8 Å². The smallest absolute Gasteiger partial charge is 0.322 e. The lowest BCUT2D eigenvalue weighted by Gasteiger charge is -2.13. The molecule has 2 aromatic carbocycles. The van der Waals surface area contributed by atoms with Gasteiger partial charge in [0.05, 0.1) is 5.75 Å². The molecule has 1 N–H and O–H groups in total. The summed E-state index contributed by atoms with van der Waals surface area (Å²) in [4.78, 5) is 12.5. The summed E-state index contributed by atoms with van der Waals surface area (Å²) >= 11 is 1.26. The topological polar surface area (TPSA) is 108 Å². The molecule has 34 heavy (non-hydrogen) atoms. The number of ether oxygens (including phenoxy) is 1. The molecule has 0 fully saturated rings. The Bertz CT molecular complexity index is 1250. The van der Waals surface area contributed by atoms with E-state index in [0.29, 0.717) is 16.9 Å². The van der Waals surface area contributed by atoms with Gasteiger partial charge < -0.3 is 9.15 Å². The lowest BCUT2D eigenvalue weighted by Crippen LogP contribution is -2.15. The standard InChI is InChI=1S/C24H26N6O3S/c1-15(2)22-27-28-23(33-22)25-20(31)14-34-24-29-26-19(30(24)18-11-6-5-7-12-18)13-32-21-16(3)9-8-10-17(21)4/h5-12,15H,13-14H2,1-4H3,(H,25,28,31). The first kappa shape index (κ1) is 23.5. The molecule has 2 heterocycles. The first-order valence-electron chi connectivity index (χ1n) is 10.9. The molecule has 176 valence electrons. The lowest BCUT2D eigenvalue weighted by molar-refractivity contribution is -0.113. The molecule has 4 aromatic rings. The fourth-order valence-corrected chi connectivity index (χ4v) is 4.06. The van der Waals surface area contributed by atoms with Gasteiger partial charge in [-0.3, -0.25) is 14.7 Å². The van der Waals surface area contributed by atoms with Crippen molar-refractivity contribution < 1.29 is 13.9 Å². The van der Waals surface area contributed by atoms with E-state index in [1.807, 2.05) is 80.8 Å². The van der Waals surface area contributed by atoms with Crippen LogP contribution in [0.4, 0.5) is 6.01 Å². The van der Waals surface area contributed by atoms with Gasteiger partial charge in [-0.25, -0.2) is 0 Å². The molecular formula is C24H26N6O3S. The largest absolute Gasteiger partial charge is 0.485 e. The average Bonchev–Trinajstić information content (AvgIpc) is 3.45. The van der Waals surface area contributed by atoms with Crippen LogP contribution in [0.1, 0.15) is 42.6 Å². The van der Waals surface area contributed by atoms with Gasteiger partial charge in [-0.15, -0.1) is 15.3 Å². The van der Waals surface area contributed by atoms with Gasteiger partial charge in [-0.05, 0) is 37.1 Å². The zero-order valence-electron chi connectivity index (χ0n) is 19.5. The number of amides is 1. The van der Waals surface area contributed by atoms with Crippen LogP contribution in [0.3, 0.4) is 0 Å². The molecule has 1 amide bonds. The van der Waals surface area contributed by atoms with Gasteiger partial charge in [0, 0.05) is 11.6 Å². The second kappa shape index (κ2) is 10.5. The number of hydrogen-bond acceptors (Lipinski definition) is 8. The third-order valence-corrected chi connectivity index (χ3v) is 5.91. The monoisotopic (exact) mass is 478 g/mol. The zero-order valence-corrected chi connectivity index (χ0v) is 20.3. The average molecular weight is 479 g/mol. The van der Waals surface area contributed by atoms with E-state index in [0.717, 1.165) is 22.6 Å². The number of hydrogen-bond donors (Lipinski definition) is 1. The molecule has 0 unspecified atom stereocenters. The van der Waals surface area contributed by atoms with E-state index in [1.54, 1.807) is 0 Å². The normalized spacial score (nSPS) is 11.1. The summed E-state index contributed by atoms with van der Waals surface area (Å²) in [6, 6.07) is 15.8. The fraction of sp³-hybridized carbons (Fsp3) is 0.292. The van der Waals surface area contributed by atoms with E-state index in [-0.39, 0.29) is 30.2 Å². The highest BCUT2D eigenvalue weighted by Crippen LogP contribution is 2.26. The number of aromatic nitrogens is 5. The molecule has 0 aliphatic carbocycles. The predicted octanol–water partition coefficient (Wildman–Crippen LogP) is 4.70. The number of anilines is 1. The Kier molecular flexibility index (Phi) is 7.27. The van der Waals surface area contributed by atoms with Gasteiger partial charge in [-0.1, -0.05) is 67.1 Å². The Morgan fingerprint density at radius 3 is 2.44 bits per heavy atom. The summed E-state index contributed by atoms with van der Waals surface area (Å²) in [5.74, 6) is 1.85. The van der Waals surface area contributed by atoms with E-state index in [2.05, 4.69) is 25.7 Å². The Balaban J connectivity index is 1.49. The second-order valence-corrected chi connectivity index (χ2v) is 8.96. The van der Waals surface area contributed by atoms with Crippen molar-refractivity contribution in [2.24, 2.45) is 0 Å². The van der Waals surface area contributed by atoms with Crippen LogP contribution in [0.2, 0.25) is 0 Å². The summed E-state index contributed by atoms with van der Waals surface area (Å²) in [6.07, 6.45) is 0. The Morgan fingerprint density at radius 1 is 1.03 bits per heavy atom. The fourth-order valence-electron chi connectivity index (χ4n) is 3.29. The Hall–Kier alpha value is -3.66. The Morgan fingerprint density at radius 2 is 1.76 bits per heavy atom. The minimum Gasteiger partial charge on any atom is -0.485 e. The maximum absolute atomic E-state index is 12.5. The van der Waals surface area contributed by atoms with Crippen molar-refractivity contribution in [1.82, 2.24) is 25.0 Å². The lowest BCUT2D eigenvalue weighted by atomic mass is 10.1. The van der Waals surface area contributed by atoms with Gasteiger partial charge in [0.1, 0.15) is 12.4 Å². The number of nitrogens with one attached hydrogen (secondary N) is 1. The van der Waals surface area contributed by atoms with Crippen molar-refractivity contribution in [3.8, 4) is 11.4 Å². The second-order valence-electron chi connectivity index (χ2n) is 8.02. The van der Waals surface area contributed by atoms with Crippen molar-refractivity contribution >= 4 is 23.7 Å². The van der Waals surface area contributed by atoms with Gasteiger partial charge in [0.25, 0.3) is 0 Å². The molecule has 0 aliphatic rings. The molecule has 0 atom stereocenters. The summed E-state index contributed by atoms with van der Waals surface area (Å²) < 4.78 is 13.5. The first-order valence-corrected chi connectivity index (χ1v) is 11.9. The van der Waals surface area contributed by atoms with E-state index in [1.165, 1.54) is 11.8 Å². The van der Waals surface area contributed by atoms with E-state index < -0.39 is 0 Å². The molecule has 0 saturated carbocycles. The van der Waals surface area contributed by atoms with Crippen molar-refractivity contribution in [1.29, 1.82) is 0 Å². The molecule has 4 rings (SSSR count). The summed E-state index contributed by atoms with van der Waals surface area (Å²) in [7, 11) is 0. The molecule has 0 bridgehead atoms. The number of nitrogens with zero attached hydrogens (tertiary/aromatic N) is 5. The number of thioether (sulfide) groups is 1. The first-order chi connectivity index (χ1) is 16.4. The van der Waals surface area contributed by atoms with Crippen molar-refractivity contribution in [2.45, 2.75) is 45.4 Å². The quantitative estimate of drug-likeness (QED) is 0.345. The number of para-hydroxylation sites is 2. The number of rotatable bonds is 9. The van der Waals surface area contributed by atoms with Gasteiger partial charge >= 0.3 is 6.01 Å². The molecule has 9 nitrogen and oxygen atoms in total. The minimum atomic E-state index is -0.278. The van der Waals surface area contributed by atoms with Crippen LogP contribution in [0.15, 0.2) is 58.1 Å². The predicted molar refractivity (Wildman–Crippen MR) is 129 cm³/mol. The highest BCUT2D eigenvalue weighted by Gasteiger charge is 2.18. The zero-order chi connectivity index (χ0) is 24.1. The van der Waals surface area contributed by atoms with E-state index in [4.69, 9.17) is 9.15 Å². The highest BCUT2D eigenvalue weighted by atomic mass is 32.2. The maximum atomic E-state index is 12.5. The highest BCUT2D eigenvalue weighted by molar-refractivity contribution is 7.99. The summed E-state index contributed by atoms with van der Waals surface area (Å²) in [5, 5.41) is 19.7. The van der Waals surface area contributed by atoms with Crippen LogP contribution in [-0.2, 0) is 11.4 Å². The number of carbonyl (C=O) groups is 1. The minimum absolute atomic E-state index is 0.0843. The van der Waals surface area contributed by atoms with Crippen LogP contribution in [0.25, 0.3) is 5.69 Å². The Labute approximate surface area is 201 Å². The summed E-state index contributed by atoms with van der Waals surface area (Å²) in [5.41, 5.74) is 2.99. The third kappa shape index (κ3) is 5.45. The molecule has 0 saturated heterocycles. The van der Waals surface area contributed by atoms with Crippen LogP contribution >= 0.6 is 11.8 Å². The van der Waals surface area contributed by atoms with E-state index in [9.17, 15) is 4.79 Å². The van der Waals surface area contributed by atoms with Crippen molar-refractivity contribution in [3.05, 3.63) is 71.4 Å². The molecule has 10 heteroatoms. The van der Waals surface area contributed by atoms with Crippen LogP contribution < -0.4 is 10.1 Å². The number of aryl methyl sites for hydroxylation is 2. The van der Waals surface area contributed by atoms with Crippen molar-refractivity contribution in [3.63, 3.8) is 0 Å². The van der Waals surface area contributed by atoms with Gasteiger partial charge in [0.15, 0.2) is 11.0 Å². The molecule has 0 spiro atoms. The number of benzene rings is 2. The van der Waals surface area contributed by atoms with Gasteiger partial charge in [-0.2, -0.15) is 0 Å². The SMILES string of the molecule is Cc1cccc(C)c1OCc1nnc(SCC(=O)Nc2nnc(C(C)C)o2)n1-c1ccccc1. The molecular weight excluding hydrogens is 452 g/mol. The van der Waals surface area contributed by atoms with Crippen LogP contribution in [-0.4, -0.2) is 36.6 Å². The van der Waals surface area contributed by atoms with E-state index >= 15 is 0 Å². The van der Waals surface area contributed by atoms with Crippen LogP contribution in [0.5, 0.6) is 5.75 Å². The van der Waals surface area contributed by atoms with Crippen molar-refractivity contribution in [2.75, 3.05) is 11.1 Å². The van der Waals surface area contributed by atoms with Crippen LogP contribution in [0, 0.1) is 13.8 Å². The maximum Gasteiger partial charge on any atom is 0.322 e. The molecule has 0 aliphatic heterocycles.